The van der Waals surface area contributed by atoms with Crippen molar-refractivity contribution in [2.24, 2.45) is 17.8 Å². The molecular formula is C21H24N2O3. The van der Waals surface area contributed by atoms with Crippen LogP contribution < -0.4 is 0 Å². The average molecular weight is 352 g/mol. The second kappa shape index (κ2) is 6.38. The molecule has 1 saturated heterocycles. The van der Waals surface area contributed by atoms with E-state index in [-0.39, 0.29) is 35.7 Å². The van der Waals surface area contributed by atoms with E-state index in [4.69, 9.17) is 9.72 Å². The Bertz CT molecular complexity index is 879. The van der Waals surface area contributed by atoms with E-state index in [9.17, 15) is 9.59 Å². The number of aromatic nitrogens is 1. The third-order valence-corrected chi connectivity index (χ3v) is 6.00. The normalized spacial score (nSPS) is 27.3. The maximum absolute atomic E-state index is 13.1. The van der Waals surface area contributed by atoms with Crippen molar-refractivity contribution < 1.29 is 14.3 Å². The van der Waals surface area contributed by atoms with Crippen LogP contribution in [0.3, 0.4) is 0 Å². The van der Waals surface area contributed by atoms with E-state index in [1.54, 1.807) is 0 Å². The molecule has 4 atom stereocenters. The molecule has 0 radical (unpaired) electrons. The zero-order valence-corrected chi connectivity index (χ0v) is 15.4. The summed E-state index contributed by atoms with van der Waals surface area (Å²) in [6.45, 7) is 4.56. The summed E-state index contributed by atoms with van der Waals surface area (Å²) in [5.74, 6) is -0.668. The Morgan fingerprint density at radius 1 is 1.35 bits per heavy atom. The molecule has 0 aliphatic carbocycles. The molecule has 0 saturated carbocycles. The zero-order valence-electron chi connectivity index (χ0n) is 15.4. The fourth-order valence-corrected chi connectivity index (χ4v) is 4.76. The minimum Gasteiger partial charge on any atom is -0.469 e. The third kappa shape index (κ3) is 2.41. The fourth-order valence-electron chi connectivity index (χ4n) is 4.76. The Morgan fingerprint density at radius 3 is 2.85 bits per heavy atom. The van der Waals surface area contributed by atoms with E-state index < -0.39 is 0 Å². The molecule has 2 aromatic rings. The van der Waals surface area contributed by atoms with E-state index in [0.717, 1.165) is 35.0 Å². The lowest BCUT2D eigenvalue weighted by Crippen LogP contribution is -2.51. The van der Waals surface area contributed by atoms with Crippen LogP contribution in [-0.2, 0) is 20.9 Å². The van der Waals surface area contributed by atoms with Crippen LogP contribution in [0.2, 0.25) is 0 Å². The highest BCUT2D eigenvalue weighted by Crippen LogP contribution is 2.49. The fraction of sp³-hybridized carbons (Fsp3) is 0.476. The number of benzene rings is 1. The molecule has 1 amide bonds. The number of piperidine rings is 1. The number of ether oxygens (including phenoxy) is 1. The smallest absolute Gasteiger partial charge is 0.311 e. The Morgan fingerprint density at radius 2 is 2.12 bits per heavy atom. The molecule has 26 heavy (non-hydrogen) atoms. The SMILES string of the molecule is CCCC1C(C)C(=O)N2Cc3cc4ccccc4nc3C2C1C(=O)OC. The summed E-state index contributed by atoms with van der Waals surface area (Å²) >= 11 is 0. The van der Waals surface area contributed by atoms with Gasteiger partial charge < -0.3 is 9.64 Å². The van der Waals surface area contributed by atoms with Crippen LogP contribution in [0.25, 0.3) is 10.9 Å². The zero-order chi connectivity index (χ0) is 18.4. The molecule has 0 N–H and O–H groups in total. The number of nitrogens with zero attached hydrogens (tertiary/aromatic N) is 2. The number of carbonyl (C=O) groups excluding carboxylic acids is 2. The first-order chi connectivity index (χ1) is 12.6. The molecular weight excluding hydrogens is 328 g/mol. The molecule has 1 fully saturated rings. The number of amides is 1. The van der Waals surface area contributed by atoms with Crippen LogP contribution in [0.4, 0.5) is 0 Å². The van der Waals surface area contributed by atoms with Gasteiger partial charge in [-0.3, -0.25) is 14.6 Å². The molecule has 0 spiro atoms. The van der Waals surface area contributed by atoms with E-state index in [1.807, 2.05) is 36.1 Å². The van der Waals surface area contributed by atoms with Gasteiger partial charge in [0.25, 0.3) is 0 Å². The van der Waals surface area contributed by atoms with E-state index in [0.29, 0.717) is 6.54 Å². The van der Waals surface area contributed by atoms with Gasteiger partial charge in [0.05, 0.1) is 30.3 Å². The third-order valence-electron chi connectivity index (χ3n) is 6.00. The molecule has 5 heteroatoms. The lowest BCUT2D eigenvalue weighted by atomic mass is 9.71. The highest BCUT2D eigenvalue weighted by Gasteiger charge is 2.54. The van der Waals surface area contributed by atoms with Crippen molar-refractivity contribution in [3.63, 3.8) is 0 Å². The van der Waals surface area contributed by atoms with E-state index in [2.05, 4.69) is 13.0 Å². The maximum Gasteiger partial charge on any atom is 0.311 e. The first kappa shape index (κ1) is 17.0. The van der Waals surface area contributed by atoms with Crippen molar-refractivity contribution in [2.45, 2.75) is 39.3 Å². The van der Waals surface area contributed by atoms with Gasteiger partial charge in [0.2, 0.25) is 5.91 Å². The summed E-state index contributed by atoms with van der Waals surface area (Å²) in [4.78, 5) is 32.5. The van der Waals surface area contributed by atoms with Crippen molar-refractivity contribution in [1.29, 1.82) is 0 Å². The van der Waals surface area contributed by atoms with Crippen LogP contribution in [0, 0.1) is 17.8 Å². The summed E-state index contributed by atoms with van der Waals surface area (Å²) in [7, 11) is 1.43. The summed E-state index contributed by atoms with van der Waals surface area (Å²) in [5, 5.41) is 1.06. The summed E-state index contributed by atoms with van der Waals surface area (Å²) in [5.41, 5.74) is 2.80. The average Bonchev–Trinajstić information content (AvgIpc) is 3.02. The van der Waals surface area contributed by atoms with Gasteiger partial charge in [0.15, 0.2) is 0 Å². The predicted octanol–water partition coefficient (Wildman–Crippen LogP) is 3.47. The Kier molecular flexibility index (Phi) is 4.17. The Hall–Kier alpha value is -2.43. The van der Waals surface area contributed by atoms with Crippen molar-refractivity contribution in [3.8, 4) is 0 Å². The van der Waals surface area contributed by atoms with Gasteiger partial charge in [-0.2, -0.15) is 0 Å². The maximum atomic E-state index is 13.1. The van der Waals surface area contributed by atoms with E-state index >= 15 is 0 Å². The first-order valence-corrected chi connectivity index (χ1v) is 9.33. The number of pyridine rings is 1. The number of para-hydroxylation sites is 1. The number of fused-ring (bicyclic) bond motifs is 4. The molecule has 1 aromatic carbocycles. The number of methoxy groups -OCH3 is 1. The van der Waals surface area contributed by atoms with E-state index in [1.165, 1.54) is 7.11 Å². The first-order valence-electron chi connectivity index (χ1n) is 9.33. The van der Waals surface area contributed by atoms with Crippen molar-refractivity contribution in [3.05, 3.63) is 41.6 Å². The van der Waals surface area contributed by atoms with Crippen molar-refractivity contribution in [2.75, 3.05) is 7.11 Å². The highest BCUT2D eigenvalue weighted by atomic mass is 16.5. The van der Waals surface area contributed by atoms with Gasteiger partial charge in [-0.1, -0.05) is 38.5 Å². The molecule has 2 aliphatic heterocycles. The molecule has 4 unspecified atom stereocenters. The number of rotatable bonds is 3. The van der Waals surface area contributed by atoms with Crippen LogP contribution in [0.5, 0.6) is 0 Å². The molecule has 3 heterocycles. The second-order valence-corrected chi connectivity index (χ2v) is 7.43. The molecule has 2 aliphatic rings. The van der Waals surface area contributed by atoms with Gasteiger partial charge in [-0.25, -0.2) is 0 Å². The Balaban J connectivity index is 1.87. The minimum atomic E-state index is -0.359. The van der Waals surface area contributed by atoms with Crippen LogP contribution in [-0.4, -0.2) is 28.9 Å². The number of carbonyl (C=O) groups is 2. The standard InChI is InChI=1S/C21H24N2O3/c1-4-7-15-12(2)20(24)23-11-14-10-13-8-5-6-9-16(13)22-18(14)19(23)17(15)21(25)26-3/h5-6,8-10,12,15,17,19H,4,7,11H2,1-3H3. The van der Waals surface area contributed by atoms with Gasteiger partial charge >= 0.3 is 5.97 Å². The Labute approximate surface area is 153 Å². The monoisotopic (exact) mass is 352 g/mol. The molecule has 136 valence electrons. The van der Waals surface area contributed by atoms with Crippen molar-refractivity contribution in [1.82, 2.24) is 9.88 Å². The van der Waals surface area contributed by atoms with Gasteiger partial charge in [0.1, 0.15) is 0 Å². The quantitative estimate of drug-likeness (QED) is 0.794. The van der Waals surface area contributed by atoms with Crippen LogP contribution in [0.1, 0.15) is 44.0 Å². The van der Waals surface area contributed by atoms with Crippen LogP contribution >= 0.6 is 0 Å². The lowest BCUT2D eigenvalue weighted by molar-refractivity contribution is -0.163. The topological polar surface area (TPSA) is 59.5 Å². The minimum absolute atomic E-state index is 0.0135. The number of esters is 1. The summed E-state index contributed by atoms with van der Waals surface area (Å²) in [6.07, 6.45) is 1.76. The summed E-state index contributed by atoms with van der Waals surface area (Å²) < 4.78 is 5.16. The number of hydrogen-bond acceptors (Lipinski definition) is 4. The molecule has 5 nitrogen and oxygen atoms in total. The lowest BCUT2D eigenvalue weighted by Gasteiger charge is -2.43. The molecule has 4 rings (SSSR count). The molecule has 1 aromatic heterocycles. The van der Waals surface area contributed by atoms with Gasteiger partial charge in [-0.05, 0) is 30.0 Å². The largest absolute Gasteiger partial charge is 0.469 e. The second-order valence-electron chi connectivity index (χ2n) is 7.43. The predicted molar refractivity (Wildman–Crippen MR) is 98.1 cm³/mol. The summed E-state index contributed by atoms with van der Waals surface area (Å²) in [6, 6.07) is 9.74. The van der Waals surface area contributed by atoms with Gasteiger partial charge in [0, 0.05) is 17.8 Å². The highest BCUT2D eigenvalue weighted by molar-refractivity contribution is 5.87. The number of hydrogen-bond donors (Lipinski definition) is 0. The van der Waals surface area contributed by atoms with Gasteiger partial charge in [-0.15, -0.1) is 0 Å². The molecule has 0 bridgehead atoms. The van der Waals surface area contributed by atoms with Crippen LogP contribution in [0.15, 0.2) is 30.3 Å². The van der Waals surface area contributed by atoms with Crippen molar-refractivity contribution >= 4 is 22.8 Å².